The lowest BCUT2D eigenvalue weighted by Crippen LogP contribution is -2.40. The molecule has 0 unspecified atom stereocenters. The number of benzene rings is 1. The molecule has 1 aromatic rings. The molecule has 1 heterocycles. The Kier molecular flexibility index (Phi) is 5.64. The Labute approximate surface area is 137 Å². The van der Waals surface area contributed by atoms with Gasteiger partial charge in [-0.15, -0.1) is 0 Å². The molecule has 5 heteroatoms. The maximum Gasteiger partial charge on any atom is 0.322 e. The number of rotatable bonds is 8. The zero-order valence-corrected chi connectivity index (χ0v) is 14.1. The van der Waals surface area contributed by atoms with Crippen molar-refractivity contribution in [2.24, 2.45) is 5.92 Å². The Bertz CT molecular complexity index is 554. The van der Waals surface area contributed by atoms with Crippen molar-refractivity contribution >= 4 is 11.9 Å². The Balaban J connectivity index is 1.81. The number of ether oxygens (including phenoxy) is 1. The molecule has 3 amide bonds. The lowest BCUT2D eigenvalue weighted by molar-refractivity contribution is -0.123. The van der Waals surface area contributed by atoms with Gasteiger partial charge in [0.2, 0.25) is 0 Å². The van der Waals surface area contributed by atoms with Crippen LogP contribution in [0.2, 0.25) is 0 Å². The molecular weight excluding hydrogens is 292 g/mol. The highest BCUT2D eigenvalue weighted by Gasteiger charge is 2.43. The number of carbonyl (C=O) groups is 2. The van der Waals surface area contributed by atoms with Gasteiger partial charge < -0.3 is 10.1 Å². The Morgan fingerprint density at radius 3 is 2.35 bits per heavy atom. The van der Waals surface area contributed by atoms with Gasteiger partial charge in [-0.3, -0.25) is 10.1 Å². The largest absolute Gasteiger partial charge is 0.494 e. The first kappa shape index (κ1) is 17.3. The Morgan fingerprint density at radius 2 is 1.78 bits per heavy atom. The van der Waals surface area contributed by atoms with Crippen LogP contribution >= 0.6 is 0 Å². The maximum absolute atomic E-state index is 11.9. The lowest BCUT2D eigenvalue weighted by Gasteiger charge is -2.21. The summed E-state index contributed by atoms with van der Waals surface area (Å²) >= 11 is 0. The zero-order chi connectivity index (χ0) is 16.9. The summed E-state index contributed by atoms with van der Waals surface area (Å²) in [5.74, 6) is 1.21. The first-order valence-corrected chi connectivity index (χ1v) is 8.29. The van der Waals surface area contributed by atoms with E-state index in [4.69, 9.17) is 4.74 Å². The molecule has 0 bridgehead atoms. The second-order valence-corrected chi connectivity index (χ2v) is 6.65. The van der Waals surface area contributed by atoms with E-state index in [0.29, 0.717) is 6.61 Å². The van der Waals surface area contributed by atoms with Gasteiger partial charge >= 0.3 is 6.03 Å². The van der Waals surface area contributed by atoms with Crippen molar-refractivity contribution < 1.29 is 14.3 Å². The molecule has 0 radical (unpaired) electrons. The van der Waals surface area contributed by atoms with Gasteiger partial charge in [-0.25, -0.2) is 4.79 Å². The van der Waals surface area contributed by atoms with Gasteiger partial charge in [-0.1, -0.05) is 45.2 Å². The summed E-state index contributed by atoms with van der Waals surface area (Å²) in [7, 11) is 0. The van der Waals surface area contributed by atoms with Crippen molar-refractivity contribution in [1.29, 1.82) is 0 Å². The fourth-order valence-electron chi connectivity index (χ4n) is 2.65. The molecule has 1 aliphatic rings. The van der Waals surface area contributed by atoms with Gasteiger partial charge in [0, 0.05) is 0 Å². The molecule has 1 saturated heterocycles. The fraction of sp³-hybridized carbons (Fsp3) is 0.556. The summed E-state index contributed by atoms with van der Waals surface area (Å²) in [6.07, 6.45) is 4.74. The number of urea groups is 1. The standard InChI is InChI=1S/C18H26N2O3/c1-13(2)7-5-4-6-12-23-15-10-8-14(9-11-15)18(3)16(21)19-17(22)20-18/h8-11,13H,4-7,12H2,1-3H3,(H2,19,20,21,22)/t18-/m0/s1. The van der Waals surface area contributed by atoms with Gasteiger partial charge in [0.1, 0.15) is 11.3 Å². The SMILES string of the molecule is CC(C)CCCCCOc1ccc([C@]2(C)NC(=O)NC2=O)cc1. The van der Waals surface area contributed by atoms with E-state index in [2.05, 4.69) is 24.5 Å². The zero-order valence-electron chi connectivity index (χ0n) is 14.1. The van der Waals surface area contributed by atoms with Crippen LogP contribution in [0.1, 0.15) is 52.0 Å². The van der Waals surface area contributed by atoms with E-state index in [1.54, 1.807) is 6.92 Å². The highest BCUT2D eigenvalue weighted by atomic mass is 16.5. The van der Waals surface area contributed by atoms with E-state index in [1.165, 1.54) is 19.3 Å². The number of nitrogens with one attached hydrogen (secondary N) is 2. The summed E-state index contributed by atoms with van der Waals surface area (Å²) in [6, 6.07) is 6.86. The molecule has 1 aliphatic heterocycles. The van der Waals surface area contributed by atoms with Crippen molar-refractivity contribution in [1.82, 2.24) is 10.6 Å². The predicted molar refractivity (Wildman–Crippen MR) is 89.3 cm³/mol. The number of unbranched alkanes of at least 4 members (excludes halogenated alkanes) is 2. The third-order valence-corrected chi connectivity index (χ3v) is 4.17. The maximum atomic E-state index is 11.9. The van der Waals surface area contributed by atoms with Crippen LogP contribution in [-0.2, 0) is 10.3 Å². The predicted octanol–water partition coefficient (Wildman–Crippen LogP) is 3.34. The van der Waals surface area contributed by atoms with Crippen molar-refractivity contribution in [3.63, 3.8) is 0 Å². The third kappa shape index (κ3) is 4.47. The molecule has 2 rings (SSSR count). The summed E-state index contributed by atoms with van der Waals surface area (Å²) in [5, 5.41) is 4.91. The topological polar surface area (TPSA) is 67.4 Å². The summed E-state index contributed by atoms with van der Waals surface area (Å²) in [5.41, 5.74) is -0.267. The van der Waals surface area contributed by atoms with Gasteiger partial charge in [0.15, 0.2) is 0 Å². The monoisotopic (exact) mass is 318 g/mol. The number of amides is 3. The molecule has 23 heavy (non-hydrogen) atoms. The van der Waals surface area contributed by atoms with Crippen LogP contribution in [0.15, 0.2) is 24.3 Å². The molecule has 0 spiro atoms. The number of imide groups is 1. The van der Waals surface area contributed by atoms with Crippen LogP contribution in [0.4, 0.5) is 4.79 Å². The van der Waals surface area contributed by atoms with Crippen molar-refractivity contribution in [3.8, 4) is 5.75 Å². The van der Waals surface area contributed by atoms with Crippen molar-refractivity contribution in [3.05, 3.63) is 29.8 Å². The van der Waals surface area contributed by atoms with Gasteiger partial charge in [-0.05, 0) is 37.0 Å². The minimum atomic E-state index is -1.01. The van der Waals surface area contributed by atoms with Crippen LogP contribution in [0.25, 0.3) is 0 Å². The number of hydrogen-bond acceptors (Lipinski definition) is 3. The molecule has 1 fully saturated rings. The van der Waals surface area contributed by atoms with E-state index in [1.807, 2.05) is 24.3 Å². The second kappa shape index (κ2) is 7.49. The van der Waals surface area contributed by atoms with Crippen LogP contribution < -0.4 is 15.4 Å². The molecule has 1 aromatic carbocycles. The molecule has 1 atom stereocenters. The van der Waals surface area contributed by atoms with E-state index < -0.39 is 11.6 Å². The first-order chi connectivity index (χ1) is 10.9. The number of hydrogen-bond donors (Lipinski definition) is 2. The van der Waals surface area contributed by atoms with E-state index in [-0.39, 0.29) is 5.91 Å². The van der Waals surface area contributed by atoms with Crippen molar-refractivity contribution in [2.75, 3.05) is 6.61 Å². The first-order valence-electron chi connectivity index (χ1n) is 8.29. The molecular formula is C18H26N2O3. The molecule has 5 nitrogen and oxygen atoms in total. The second-order valence-electron chi connectivity index (χ2n) is 6.65. The number of carbonyl (C=O) groups excluding carboxylic acids is 2. The normalized spacial score (nSPS) is 20.5. The quantitative estimate of drug-likeness (QED) is 0.570. The fourth-order valence-corrected chi connectivity index (χ4v) is 2.65. The summed E-state index contributed by atoms with van der Waals surface area (Å²) < 4.78 is 5.72. The van der Waals surface area contributed by atoms with Crippen molar-refractivity contribution in [2.45, 2.75) is 52.0 Å². The molecule has 126 valence electrons. The van der Waals surface area contributed by atoms with E-state index in [0.717, 1.165) is 23.7 Å². The molecule has 0 aromatic heterocycles. The van der Waals surface area contributed by atoms with Crippen LogP contribution in [0.5, 0.6) is 5.75 Å². The molecule has 0 aliphatic carbocycles. The molecule has 2 N–H and O–H groups in total. The van der Waals surface area contributed by atoms with Gasteiger partial charge in [0.05, 0.1) is 6.61 Å². The van der Waals surface area contributed by atoms with Crippen LogP contribution in [0, 0.1) is 5.92 Å². The average Bonchev–Trinajstić information content (AvgIpc) is 2.77. The van der Waals surface area contributed by atoms with Gasteiger partial charge in [-0.2, -0.15) is 0 Å². The van der Waals surface area contributed by atoms with Gasteiger partial charge in [0.25, 0.3) is 5.91 Å². The lowest BCUT2D eigenvalue weighted by atomic mass is 9.92. The Morgan fingerprint density at radius 1 is 1.09 bits per heavy atom. The summed E-state index contributed by atoms with van der Waals surface area (Å²) in [4.78, 5) is 23.2. The molecule has 0 saturated carbocycles. The summed E-state index contributed by atoms with van der Waals surface area (Å²) in [6.45, 7) is 6.88. The van der Waals surface area contributed by atoms with E-state index >= 15 is 0 Å². The smallest absolute Gasteiger partial charge is 0.322 e. The Hall–Kier alpha value is -2.04. The minimum absolute atomic E-state index is 0.332. The average molecular weight is 318 g/mol. The highest BCUT2D eigenvalue weighted by molar-refractivity contribution is 6.07. The van der Waals surface area contributed by atoms with E-state index in [9.17, 15) is 9.59 Å². The third-order valence-electron chi connectivity index (χ3n) is 4.17. The van der Waals surface area contributed by atoms with Crippen LogP contribution in [-0.4, -0.2) is 18.5 Å². The minimum Gasteiger partial charge on any atom is -0.494 e. The van der Waals surface area contributed by atoms with Crippen LogP contribution in [0.3, 0.4) is 0 Å². The highest BCUT2D eigenvalue weighted by Crippen LogP contribution is 2.26.